The third-order valence-corrected chi connectivity index (χ3v) is 8.86. The van der Waals surface area contributed by atoms with E-state index in [9.17, 15) is 14.9 Å². The van der Waals surface area contributed by atoms with Gasteiger partial charge in [0.25, 0.3) is 11.8 Å². The highest BCUT2D eigenvalue weighted by atomic mass is 32.2. The molecule has 10 heteroatoms. The van der Waals surface area contributed by atoms with Crippen LogP contribution in [0.25, 0.3) is 0 Å². The molecule has 1 aromatic rings. The van der Waals surface area contributed by atoms with Gasteiger partial charge >= 0.3 is 0 Å². The molecule has 28 heavy (non-hydrogen) atoms. The number of hydrogen-bond acceptors (Lipinski definition) is 8. The zero-order chi connectivity index (χ0) is 20.5. The predicted octanol–water partition coefficient (Wildman–Crippen LogP) is 2.54. The summed E-state index contributed by atoms with van der Waals surface area (Å²) in [7, 11) is 3.15. The molecule has 0 N–H and O–H groups in total. The fourth-order valence-corrected chi connectivity index (χ4v) is 8.17. The topological polar surface area (TPSA) is 86.5 Å². The van der Waals surface area contributed by atoms with Gasteiger partial charge in [0.05, 0.1) is 24.6 Å². The maximum Gasteiger partial charge on any atom is 0.261 e. The molecule has 4 aliphatic heterocycles. The monoisotopic (exact) mass is 434 g/mol. The lowest BCUT2D eigenvalue weighted by molar-refractivity contribution is -0.163. The third-order valence-electron chi connectivity index (χ3n) is 5.83. The molecule has 0 aromatic carbocycles. The Balaban J connectivity index is 1.95. The van der Waals surface area contributed by atoms with Crippen LogP contribution in [-0.4, -0.2) is 54.0 Å². The molecule has 0 radical (unpaired) electrons. The number of aromatic nitrogens is 1. The van der Waals surface area contributed by atoms with Gasteiger partial charge in [0.2, 0.25) is 5.88 Å². The van der Waals surface area contributed by atoms with Crippen molar-refractivity contribution in [3.8, 4) is 11.9 Å². The summed E-state index contributed by atoms with van der Waals surface area (Å²) in [6, 6.07) is 5.24. The Morgan fingerprint density at radius 1 is 1.32 bits per heavy atom. The lowest BCUT2D eigenvalue weighted by Crippen LogP contribution is -2.69. The van der Waals surface area contributed by atoms with Crippen LogP contribution in [0.5, 0.6) is 5.88 Å². The van der Waals surface area contributed by atoms with Gasteiger partial charge in [-0.2, -0.15) is 5.26 Å². The quantitative estimate of drug-likeness (QED) is 0.657. The van der Waals surface area contributed by atoms with Gasteiger partial charge in [0.1, 0.15) is 3.53 Å². The van der Waals surface area contributed by atoms with E-state index in [2.05, 4.69) is 11.1 Å². The maximum atomic E-state index is 13.7. The molecule has 4 fully saturated rings. The summed E-state index contributed by atoms with van der Waals surface area (Å²) in [5, 5.41) is 10.1. The van der Waals surface area contributed by atoms with Crippen molar-refractivity contribution in [2.45, 2.75) is 36.1 Å². The number of rotatable bonds is 2. The molecule has 4 aliphatic rings. The van der Waals surface area contributed by atoms with E-state index < -0.39 is 21.2 Å². The number of pyridine rings is 1. The van der Waals surface area contributed by atoms with Crippen LogP contribution in [0, 0.1) is 16.7 Å². The number of methoxy groups -OCH3 is 1. The first-order chi connectivity index (χ1) is 13.1. The zero-order valence-corrected chi connectivity index (χ0v) is 18.2. The van der Waals surface area contributed by atoms with Gasteiger partial charge in [0, 0.05) is 25.7 Å². The molecule has 2 amide bonds. The fraction of sp³-hybridized carbons (Fsp3) is 0.500. The number of hydrogen-bond donors (Lipinski definition) is 0. The molecule has 2 bridgehead atoms. The molecular formula is C18H18N4O3S3. The van der Waals surface area contributed by atoms with Crippen molar-refractivity contribution in [1.82, 2.24) is 14.8 Å². The van der Waals surface area contributed by atoms with Crippen LogP contribution in [0.1, 0.15) is 31.9 Å². The molecule has 7 nitrogen and oxygen atoms in total. The number of carbonyl (C=O) groups excluding carboxylic acids is 2. The summed E-state index contributed by atoms with van der Waals surface area (Å²) in [5.74, 6) is 0.0249. The van der Waals surface area contributed by atoms with Crippen molar-refractivity contribution in [2.75, 3.05) is 14.2 Å². The highest BCUT2D eigenvalue weighted by Gasteiger charge is 2.73. The van der Waals surface area contributed by atoms with E-state index in [1.165, 1.54) is 35.5 Å². The van der Waals surface area contributed by atoms with Crippen LogP contribution in [-0.2, 0) is 9.59 Å². The fourth-order valence-electron chi connectivity index (χ4n) is 4.31. The Morgan fingerprint density at radius 2 is 2.04 bits per heavy atom. The van der Waals surface area contributed by atoms with Crippen LogP contribution in [0.3, 0.4) is 0 Å². The molecular weight excluding hydrogens is 416 g/mol. The van der Waals surface area contributed by atoms with Crippen LogP contribution in [0.4, 0.5) is 0 Å². The average molecular weight is 435 g/mol. The summed E-state index contributed by atoms with van der Waals surface area (Å²) in [6.45, 7) is 3.50. The number of thioether (sulfide) groups is 2. The SMILES string of the molecule is COc1ccc(C2N3C(=O)[C@]4(C)SC(=S)S[C@@]3(C[C@]2(C)C#N)C(=O)N4C)cn1. The maximum absolute atomic E-state index is 13.7. The van der Waals surface area contributed by atoms with E-state index >= 15 is 0 Å². The number of carbonyl (C=O) groups is 2. The van der Waals surface area contributed by atoms with Gasteiger partial charge in [0.15, 0.2) is 9.74 Å². The second-order valence-corrected chi connectivity index (χ2v) is 11.4. The van der Waals surface area contributed by atoms with E-state index in [0.717, 1.165) is 0 Å². The van der Waals surface area contributed by atoms with Crippen LogP contribution in [0.15, 0.2) is 18.3 Å². The molecule has 5 heterocycles. The first kappa shape index (κ1) is 19.5. The van der Waals surface area contributed by atoms with Crippen molar-refractivity contribution < 1.29 is 14.3 Å². The Hall–Kier alpha value is -1.83. The van der Waals surface area contributed by atoms with Gasteiger partial charge < -0.3 is 14.5 Å². The zero-order valence-electron chi connectivity index (χ0n) is 15.8. The number of amides is 2. The first-order valence-corrected chi connectivity index (χ1v) is 10.6. The van der Waals surface area contributed by atoms with Gasteiger partial charge in [-0.25, -0.2) is 4.98 Å². The summed E-state index contributed by atoms with van der Waals surface area (Å²) in [5.41, 5.74) is -0.281. The largest absolute Gasteiger partial charge is 0.481 e. The third kappa shape index (κ3) is 2.30. The van der Waals surface area contributed by atoms with Gasteiger partial charge in [-0.1, -0.05) is 35.7 Å². The summed E-state index contributed by atoms with van der Waals surface area (Å²) in [6.07, 6.45) is 1.81. The van der Waals surface area contributed by atoms with Crippen molar-refractivity contribution in [3.63, 3.8) is 0 Å². The van der Waals surface area contributed by atoms with Gasteiger partial charge in [-0.05, 0) is 25.5 Å². The average Bonchev–Trinajstić information content (AvgIpc) is 2.87. The minimum atomic E-state index is -1.22. The molecule has 1 aromatic heterocycles. The van der Waals surface area contributed by atoms with Crippen LogP contribution >= 0.6 is 35.7 Å². The Kier molecular flexibility index (Phi) is 4.23. The molecule has 4 atom stereocenters. The Labute approximate surface area is 176 Å². The Morgan fingerprint density at radius 3 is 2.61 bits per heavy atom. The van der Waals surface area contributed by atoms with E-state index in [-0.39, 0.29) is 18.2 Å². The normalized spacial score (nSPS) is 37.0. The number of ether oxygens (including phenoxy) is 1. The van der Waals surface area contributed by atoms with Crippen molar-refractivity contribution >= 4 is 51.1 Å². The number of likely N-dealkylation sites (N-methyl/N-ethyl adjacent to an activating group) is 1. The summed E-state index contributed by atoms with van der Waals surface area (Å²) in [4.78, 5) is 32.2. The van der Waals surface area contributed by atoms with E-state index in [1.54, 1.807) is 44.1 Å². The minimum Gasteiger partial charge on any atom is -0.481 e. The second-order valence-electron chi connectivity index (χ2n) is 7.50. The van der Waals surface area contributed by atoms with E-state index in [1.807, 2.05) is 0 Å². The van der Waals surface area contributed by atoms with Gasteiger partial charge in [-0.3, -0.25) is 9.59 Å². The standard InChI is InChI=1S/C18H18N4O3S3/c1-16(9-19)8-18-14(24)21(3)17(2,27-15(26)28-18)13(23)22(18)12(16)10-5-6-11(25-4)20-7-10/h5-7,12H,8H2,1-4H3/t12?,16-,17+,18+/m1/s1. The molecule has 146 valence electrons. The lowest BCUT2D eigenvalue weighted by Gasteiger charge is -2.49. The minimum absolute atomic E-state index is 0.197. The predicted molar refractivity (Wildman–Crippen MR) is 110 cm³/mol. The summed E-state index contributed by atoms with van der Waals surface area (Å²) < 4.78 is 5.66. The van der Waals surface area contributed by atoms with Crippen LogP contribution < -0.4 is 4.74 Å². The molecule has 0 aliphatic carbocycles. The molecule has 4 saturated heterocycles. The number of nitrogens with zero attached hydrogens (tertiary/aromatic N) is 4. The highest BCUT2D eigenvalue weighted by molar-refractivity contribution is 8.48. The van der Waals surface area contributed by atoms with E-state index in [4.69, 9.17) is 17.0 Å². The van der Waals surface area contributed by atoms with Crippen molar-refractivity contribution in [1.29, 1.82) is 5.26 Å². The smallest absolute Gasteiger partial charge is 0.261 e. The number of nitriles is 1. The highest BCUT2D eigenvalue weighted by Crippen LogP contribution is 2.65. The number of piperazine rings is 1. The van der Waals surface area contributed by atoms with Crippen molar-refractivity contribution in [3.05, 3.63) is 23.9 Å². The van der Waals surface area contributed by atoms with Gasteiger partial charge in [-0.15, -0.1) is 0 Å². The summed E-state index contributed by atoms with van der Waals surface area (Å²) >= 11 is 7.93. The lowest BCUT2D eigenvalue weighted by atomic mass is 9.80. The molecule has 5 rings (SSSR count). The molecule has 1 spiro atoms. The molecule has 1 unspecified atom stereocenters. The molecule has 0 saturated carbocycles. The Bertz CT molecular complexity index is 948. The number of fused-ring (bicyclic) bond motifs is 3. The number of thiocarbonyl (C=S) groups is 1. The first-order valence-electron chi connectivity index (χ1n) is 8.58. The van der Waals surface area contributed by atoms with Crippen LogP contribution in [0.2, 0.25) is 0 Å². The van der Waals surface area contributed by atoms with E-state index in [0.29, 0.717) is 15.0 Å². The van der Waals surface area contributed by atoms with Crippen molar-refractivity contribution in [2.24, 2.45) is 5.41 Å². The second kappa shape index (κ2) is 6.08.